The fourth-order valence-corrected chi connectivity index (χ4v) is 9.69. The van der Waals surface area contributed by atoms with Crippen LogP contribution in [0.5, 0.6) is 5.75 Å². The molecule has 10 amide bonds. The average Bonchev–Trinajstić information content (AvgIpc) is 1.38. The van der Waals surface area contributed by atoms with E-state index in [0.29, 0.717) is 11.1 Å². The Kier molecular flexibility index (Phi) is 31.4. The summed E-state index contributed by atoms with van der Waals surface area (Å²) in [6.45, 7) is 4.67. The Morgan fingerprint density at radius 3 is 1.63 bits per heavy atom. The number of carbonyl (C=O) groups excluding carboxylic acids is 11. The van der Waals surface area contributed by atoms with E-state index in [1.54, 1.807) is 80.6 Å². The van der Waals surface area contributed by atoms with Crippen molar-refractivity contribution in [3.63, 3.8) is 0 Å². The van der Waals surface area contributed by atoms with Crippen molar-refractivity contribution in [3.8, 4) is 16.9 Å². The van der Waals surface area contributed by atoms with Crippen LogP contribution in [0.2, 0.25) is 0 Å². The molecule has 23 N–H and O–H groups in total. The summed E-state index contributed by atoms with van der Waals surface area (Å²) in [7, 11) is 0. The molecule has 1 aliphatic rings. The number of phenols is 1. The van der Waals surface area contributed by atoms with Gasteiger partial charge in [0.15, 0.2) is 6.10 Å². The van der Waals surface area contributed by atoms with E-state index in [2.05, 4.69) is 53.2 Å². The maximum atomic E-state index is 14.6. The zero-order valence-corrected chi connectivity index (χ0v) is 51.7. The molecule has 3 aromatic carbocycles. The molecule has 0 radical (unpaired) electrons. The monoisotopic (exact) mass is 1270 g/mol. The van der Waals surface area contributed by atoms with Gasteiger partial charge in [0.05, 0.1) is 12.2 Å². The average molecular weight is 1270 g/mol. The minimum Gasteiger partial charge on any atom is -0.507 e. The molecule has 30 nitrogen and oxygen atoms in total. The third-order valence-electron chi connectivity index (χ3n) is 14.6. The van der Waals surface area contributed by atoms with Crippen LogP contribution in [0.4, 0.5) is 0 Å². The van der Waals surface area contributed by atoms with Gasteiger partial charge in [-0.05, 0) is 126 Å². The summed E-state index contributed by atoms with van der Waals surface area (Å²) < 4.78 is 5.48. The molecule has 1 heterocycles. The lowest BCUT2D eigenvalue weighted by molar-refractivity contribution is -0.138. The van der Waals surface area contributed by atoms with Crippen LogP contribution in [0.3, 0.4) is 0 Å². The molecule has 0 bridgehead atoms. The minimum absolute atomic E-state index is 0.0251. The molecule has 0 aliphatic carbocycles. The molecule has 1 aliphatic heterocycles. The number of nitrogens with two attached hydrogens (primary N) is 5. The smallest absolute Gasteiger partial charge is 0.342 e. The molecule has 500 valence electrons. The number of benzene rings is 3. The molecule has 0 aromatic heterocycles. The number of aliphatic hydroxyl groups is 2. The zero-order chi connectivity index (χ0) is 67.3. The Hall–Kier alpha value is -8.65. The third-order valence-corrected chi connectivity index (χ3v) is 14.6. The molecule has 3 aromatic rings. The number of carbonyl (C=O) groups is 11. The Balaban J connectivity index is 1.71. The lowest BCUT2D eigenvalue weighted by atomic mass is 10.00. The van der Waals surface area contributed by atoms with Gasteiger partial charge in [0.1, 0.15) is 65.7 Å². The van der Waals surface area contributed by atoms with Crippen molar-refractivity contribution >= 4 is 65.0 Å². The number of nitrogens with one attached hydrogen (secondary N) is 10. The molecule has 1 saturated heterocycles. The van der Waals surface area contributed by atoms with E-state index in [4.69, 9.17) is 33.4 Å². The van der Waals surface area contributed by atoms with Gasteiger partial charge in [0.25, 0.3) is 5.91 Å². The van der Waals surface area contributed by atoms with Gasteiger partial charge < -0.3 is 102 Å². The van der Waals surface area contributed by atoms with Crippen molar-refractivity contribution in [2.75, 3.05) is 39.3 Å². The number of rotatable bonds is 26. The Bertz CT molecular complexity index is 2920. The highest BCUT2D eigenvalue weighted by atomic mass is 16.5. The first-order valence-corrected chi connectivity index (χ1v) is 30.4. The Morgan fingerprint density at radius 1 is 0.571 bits per heavy atom. The van der Waals surface area contributed by atoms with E-state index in [-0.39, 0.29) is 95.6 Å². The summed E-state index contributed by atoms with van der Waals surface area (Å²) in [6.07, 6.45) is -6.53. The van der Waals surface area contributed by atoms with E-state index < -0.39 is 156 Å². The van der Waals surface area contributed by atoms with E-state index in [0.717, 1.165) is 12.5 Å². The van der Waals surface area contributed by atoms with Crippen LogP contribution in [0.1, 0.15) is 95.0 Å². The van der Waals surface area contributed by atoms with E-state index in [1.807, 2.05) is 0 Å². The molecular formula is C61H91N15O15. The molecule has 91 heavy (non-hydrogen) atoms. The quantitative estimate of drug-likeness (QED) is 0.0338. The number of ether oxygens (including phenoxy) is 1. The highest BCUT2D eigenvalue weighted by Gasteiger charge is 2.38. The standard InChI is InChI=1S/C61H91N15O15/c1-33(2)30-45-56(85)70-41(19-25-63)52(81)69-43(21-27-65)55(84)75-49(34(3)77)59(88)67-29-23-44(54(83)68-42(20-26-64)53(82)74-46(57(86)73-45)31-36-12-7-5-8-13-36)71-51(80)40(16-11-24-62)72-60(89)50(35(4)78)76-58(87)48(22-28-66)91-61(90)39-18-17-38(32-47(39)79)37-14-9-6-10-15-37/h5-10,12-15,17-18,32-35,40-46,48-50,77-79H,11,16,19-31,62-66H2,1-4H3,(H,67,88)(H,68,83)(H,69,81)(H,70,85)(H,71,80)(H,72,89)(H,73,86)(H,74,82)(H,75,84)(H,76,87)/t34-,35?,40-,41-,42-,43-,44-,45-,46+,48-,49-,50-/m0/s1. The minimum atomic E-state index is -1.83. The fourth-order valence-electron chi connectivity index (χ4n) is 9.69. The second kappa shape index (κ2) is 38.1. The summed E-state index contributed by atoms with van der Waals surface area (Å²) in [4.78, 5) is 155. The highest BCUT2D eigenvalue weighted by Crippen LogP contribution is 2.27. The summed E-state index contributed by atoms with van der Waals surface area (Å²) in [5.74, 6) is -11.6. The third kappa shape index (κ3) is 23.9. The maximum absolute atomic E-state index is 14.6. The van der Waals surface area contributed by atoms with Crippen molar-refractivity contribution in [1.82, 2.24) is 53.2 Å². The Morgan fingerprint density at radius 2 is 1.10 bits per heavy atom. The van der Waals surface area contributed by atoms with Crippen molar-refractivity contribution in [3.05, 3.63) is 90.0 Å². The summed E-state index contributed by atoms with van der Waals surface area (Å²) in [6, 6.07) is 7.74. The van der Waals surface area contributed by atoms with Gasteiger partial charge in [0.2, 0.25) is 53.2 Å². The van der Waals surface area contributed by atoms with Crippen LogP contribution in [-0.2, 0) is 59.1 Å². The van der Waals surface area contributed by atoms with Crippen molar-refractivity contribution < 1.29 is 72.8 Å². The second-order valence-corrected chi connectivity index (χ2v) is 22.5. The topological polar surface area (TPSA) is 508 Å². The second-order valence-electron chi connectivity index (χ2n) is 22.5. The molecule has 1 fully saturated rings. The lowest BCUT2D eigenvalue weighted by Gasteiger charge is -2.29. The summed E-state index contributed by atoms with van der Waals surface area (Å²) >= 11 is 0. The van der Waals surface area contributed by atoms with Gasteiger partial charge in [0, 0.05) is 19.4 Å². The van der Waals surface area contributed by atoms with Crippen LogP contribution in [0, 0.1) is 5.92 Å². The van der Waals surface area contributed by atoms with Gasteiger partial charge in [-0.1, -0.05) is 80.6 Å². The summed E-state index contributed by atoms with van der Waals surface area (Å²) in [5.41, 5.74) is 30.9. The van der Waals surface area contributed by atoms with Gasteiger partial charge in [-0.25, -0.2) is 4.79 Å². The van der Waals surface area contributed by atoms with E-state index in [9.17, 15) is 68.1 Å². The predicted octanol–water partition coefficient (Wildman–Crippen LogP) is -4.35. The number of hydrogen-bond donors (Lipinski definition) is 18. The number of aromatic hydroxyl groups is 1. The zero-order valence-electron chi connectivity index (χ0n) is 51.7. The van der Waals surface area contributed by atoms with Gasteiger partial charge in [-0.2, -0.15) is 0 Å². The molecule has 0 spiro atoms. The molecule has 0 saturated carbocycles. The number of aliphatic hydroxyl groups excluding tert-OH is 2. The molecule has 12 atom stereocenters. The van der Waals surface area contributed by atoms with Crippen LogP contribution in [0.15, 0.2) is 78.9 Å². The van der Waals surface area contributed by atoms with E-state index in [1.165, 1.54) is 19.1 Å². The van der Waals surface area contributed by atoms with Gasteiger partial charge >= 0.3 is 5.97 Å². The SMILES string of the molecule is CC(C)C[C@@H]1NC(=O)[C@@H](Cc2ccccc2)NC(=O)[C@H](CCN)NC(=O)[C@@H](NC(=O)[C@H](CCCN)NC(=O)[C@@H](NC(=O)[C@H](CCN)OC(=O)c2ccc(-c3ccccc3)cc2O)C(C)O)CCNC(=O)[C@H]([C@H](C)O)NC(=O)[C@H](CCN)NC(=O)[C@H](CCN)NC1=O. The predicted molar refractivity (Wildman–Crippen MR) is 334 cm³/mol. The molecule has 1 unspecified atom stereocenters. The van der Waals surface area contributed by atoms with Crippen LogP contribution in [-0.4, -0.2) is 192 Å². The lowest BCUT2D eigenvalue weighted by Crippen LogP contribution is -2.61. The number of phenolic OH excluding ortho intramolecular Hbond substituents is 1. The van der Waals surface area contributed by atoms with Gasteiger partial charge in [-0.3, -0.25) is 47.9 Å². The van der Waals surface area contributed by atoms with Crippen molar-refractivity contribution in [2.24, 2.45) is 34.6 Å². The van der Waals surface area contributed by atoms with Crippen LogP contribution >= 0.6 is 0 Å². The number of esters is 1. The van der Waals surface area contributed by atoms with E-state index >= 15 is 0 Å². The summed E-state index contributed by atoms with van der Waals surface area (Å²) in [5, 5.41) is 57.9. The molecule has 30 heteroatoms. The molecule has 4 rings (SSSR count). The Labute approximate surface area is 528 Å². The largest absolute Gasteiger partial charge is 0.507 e. The highest BCUT2D eigenvalue weighted by molar-refractivity contribution is 6.00. The van der Waals surface area contributed by atoms with Gasteiger partial charge in [-0.15, -0.1) is 0 Å². The van der Waals surface area contributed by atoms with Crippen LogP contribution in [0.25, 0.3) is 11.1 Å². The first-order valence-electron chi connectivity index (χ1n) is 30.4. The van der Waals surface area contributed by atoms with Crippen LogP contribution < -0.4 is 81.8 Å². The number of hydrogen-bond acceptors (Lipinski definition) is 20. The number of amides is 10. The first kappa shape index (κ1) is 74.8. The molecular weight excluding hydrogens is 1180 g/mol. The normalized spacial score (nSPS) is 21.7. The van der Waals surface area contributed by atoms with Crippen molar-refractivity contribution in [1.29, 1.82) is 0 Å². The first-order chi connectivity index (χ1) is 43.3. The maximum Gasteiger partial charge on any atom is 0.342 e. The van der Waals surface area contributed by atoms with Crippen molar-refractivity contribution in [2.45, 2.75) is 158 Å². The fraction of sp³-hybridized carbons (Fsp3) is 0.525.